The van der Waals surface area contributed by atoms with Crippen LogP contribution in [0.5, 0.6) is 11.5 Å². The Kier molecular flexibility index (Phi) is 6.84. The Balaban J connectivity index is 1.99. The summed E-state index contributed by atoms with van der Waals surface area (Å²) in [5, 5.41) is 0. The van der Waals surface area contributed by atoms with Gasteiger partial charge in [0.05, 0.1) is 38.0 Å². The standard InChI is InChI=1S/C21H26N2O6S/c1-16-4-6-17(7-5-16)23(15-21(24)22-10-12-29-13-11-22)30(25,26)18-8-9-19(27-2)20(14-18)28-3/h4-9,14H,10-13,15H2,1-3H3. The first-order valence-electron chi connectivity index (χ1n) is 9.54. The first kappa shape index (κ1) is 21.9. The van der Waals surface area contributed by atoms with Crippen LogP contribution in [0, 0.1) is 6.92 Å². The molecule has 0 radical (unpaired) electrons. The number of anilines is 1. The zero-order valence-corrected chi connectivity index (χ0v) is 18.1. The molecule has 8 nitrogen and oxygen atoms in total. The SMILES string of the molecule is COc1ccc(S(=O)(=O)N(CC(=O)N2CCOCC2)c2ccc(C)cc2)cc1OC. The Labute approximate surface area is 177 Å². The molecule has 1 fully saturated rings. The molecule has 1 aliphatic rings. The van der Waals surface area contributed by atoms with Gasteiger partial charge in [0.25, 0.3) is 10.0 Å². The van der Waals surface area contributed by atoms with E-state index in [1.165, 1.54) is 32.4 Å². The van der Waals surface area contributed by atoms with Crippen LogP contribution in [0.1, 0.15) is 5.56 Å². The third-order valence-corrected chi connectivity index (χ3v) is 6.68. The molecule has 0 atom stereocenters. The quantitative estimate of drug-likeness (QED) is 0.663. The lowest BCUT2D eigenvalue weighted by atomic mass is 10.2. The van der Waals surface area contributed by atoms with Crippen molar-refractivity contribution in [3.05, 3.63) is 48.0 Å². The molecule has 0 aliphatic carbocycles. The summed E-state index contributed by atoms with van der Waals surface area (Å²) in [6, 6.07) is 11.4. The zero-order valence-electron chi connectivity index (χ0n) is 17.3. The smallest absolute Gasteiger partial charge is 0.264 e. The van der Waals surface area contributed by atoms with Crippen LogP contribution in [0.15, 0.2) is 47.4 Å². The number of benzene rings is 2. The minimum absolute atomic E-state index is 0.00972. The molecule has 2 aromatic carbocycles. The van der Waals surface area contributed by atoms with Gasteiger partial charge < -0.3 is 19.1 Å². The molecule has 30 heavy (non-hydrogen) atoms. The third-order valence-electron chi connectivity index (χ3n) is 4.91. The number of aryl methyl sites for hydroxylation is 1. The molecule has 9 heteroatoms. The van der Waals surface area contributed by atoms with Crippen molar-refractivity contribution >= 4 is 21.6 Å². The number of rotatable bonds is 7. The molecule has 0 N–H and O–H groups in total. The van der Waals surface area contributed by atoms with Crippen LogP contribution in [0.25, 0.3) is 0 Å². The maximum Gasteiger partial charge on any atom is 0.264 e. The van der Waals surface area contributed by atoms with Crippen LogP contribution in [0.2, 0.25) is 0 Å². The lowest BCUT2D eigenvalue weighted by Crippen LogP contribution is -2.47. The van der Waals surface area contributed by atoms with E-state index in [1.54, 1.807) is 17.0 Å². The van der Waals surface area contributed by atoms with Crippen LogP contribution in [0.3, 0.4) is 0 Å². The maximum atomic E-state index is 13.5. The molecule has 3 rings (SSSR count). The van der Waals surface area contributed by atoms with E-state index in [4.69, 9.17) is 14.2 Å². The number of ether oxygens (including phenoxy) is 3. The van der Waals surface area contributed by atoms with Crippen molar-refractivity contribution in [1.82, 2.24) is 4.90 Å². The second-order valence-corrected chi connectivity index (χ2v) is 8.72. The van der Waals surface area contributed by atoms with Gasteiger partial charge in [0.2, 0.25) is 5.91 Å². The van der Waals surface area contributed by atoms with E-state index in [0.717, 1.165) is 9.87 Å². The molecule has 0 saturated carbocycles. The van der Waals surface area contributed by atoms with Gasteiger partial charge in [0, 0.05) is 19.2 Å². The van der Waals surface area contributed by atoms with Gasteiger partial charge >= 0.3 is 0 Å². The zero-order chi connectivity index (χ0) is 21.7. The largest absolute Gasteiger partial charge is 0.493 e. The molecule has 0 aromatic heterocycles. The lowest BCUT2D eigenvalue weighted by molar-refractivity contribution is -0.133. The lowest BCUT2D eigenvalue weighted by Gasteiger charge is -2.30. The fourth-order valence-electron chi connectivity index (χ4n) is 3.17. The highest BCUT2D eigenvalue weighted by Crippen LogP contribution is 2.32. The normalized spacial score (nSPS) is 14.3. The topological polar surface area (TPSA) is 85.4 Å². The van der Waals surface area contributed by atoms with E-state index in [2.05, 4.69) is 0 Å². The molecule has 1 heterocycles. The summed E-state index contributed by atoms with van der Waals surface area (Å²) in [5.74, 6) is 0.438. The summed E-state index contributed by atoms with van der Waals surface area (Å²) in [6.45, 7) is 3.38. The number of sulfonamides is 1. The number of carbonyl (C=O) groups excluding carboxylic acids is 1. The first-order chi connectivity index (χ1) is 14.4. The van der Waals surface area contributed by atoms with E-state index in [0.29, 0.717) is 43.5 Å². The second-order valence-electron chi connectivity index (χ2n) is 6.86. The van der Waals surface area contributed by atoms with Gasteiger partial charge in [-0.3, -0.25) is 9.10 Å². The van der Waals surface area contributed by atoms with Crippen LogP contribution < -0.4 is 13.8 Å². The molecule has 1 saturated heterocycles. The van der Waals surface area contributed by atoms with Gasteiger partial charge in [0.15, 0.2) is 11.5 Å². The minimum atomic E-state index is -4.04. The van der Waals surface area contributed by atoms with Gasteiger partial charge in [-0.15, -0.1) is 0 Å². The summed E-state index contributed by atoms with van der Waals surface area (Å²) in [7, 11) is -1.12. The van der Waals surface area contributed by atoms with Crippen molar-refractivity contribution in [2.75, 3.05) is 51.4 Å². The van der Waals surface area contributed by atoms with E-state index >= 15 is 0 Å². The van der Waals surface area contributed by atoms with Crippen molar-refractivity contribution in [3.63, 3.8) is 0 Å². The summed E-state index contributed by atoms with van der Waals surface area (Å²) in [6.07, 6.45) is 0. The summed E-state index contributed by atoms with van der Waals surface area (Å²) < 4.78 is 43.9. The third kappa shape index (κ3) is 4.68. The highest BCUT2D eigenvalue weighted by molar-refractivity contribution is 7.92. The highest BCUT2D eigenvalue weighted by atomic mass is 32.2. The maximum absolute atomic E-state index is 13.5. The Morgan fingerprint density at radius 2 is 1.67 bits per heavy atom. The molecule has 1 aliphatic heterocycles. The fraction of sp³-hybridized carbons (Fsp3) is 0.381. The average Bonchev–Trinajstić information content (AvgIpc) is 2.78. The molecular weight excluding hydrogens is 408 g/mol. The van der Waals surface area contributed by atoms with Crippen molar-refractivity contribution in [3.8, 4) is 11.5 Å². The summed E-state index contributed by atoms with van der Waals surface area (Å²) >= 11 is 0. The van der Waals surface area contributed by atoms with Crippen molar-refractivity contribution in [2.24, 2.45) is 0 Å². The average molecular weight is 435 g/mol. The highest BCUT2D eigenvalue weighted by Gasteiger charge is 2.30. The Morgan fingerprint density at radius 1 is 1.03 bits per heavy atom. The van der Waals surface area contributed by atoms with Crippen LogP contribution in [0.4, 0.5) is 5.69 Å². The van der Waals surface area contributed by atoms with Gasteiger partial charge in [-0.1, -0.05) is 17.7 Å². The van der Waals surface area contributed by atoms with Gasteiger partial charge in [0.1, 0.15) is 6.54 Å². The monoisotopic (exact) mass is 434 g/mol. The van der Waals surface area contributed by atoms with Crippen LogP contribution in [-0.2, 0) is 19.6 Å². The number of amides is 1. The predicted octanol–water partition coefficient (Wildman–Crippen LogP) is 2.07. The van der Waals surface area contributed by atoms with Crippen LogP contribution >= 0.6 is 0 Å². The van der Waals surface area contributed by atoms with Crippen LogP contribution in [-0.4, -0.2) is 66.3 Å². The van der Waals surface area contributed by atoms with Gasteiger partial charge in [-0.05, 0) is 31.2 Å². The van der Waals surface area contributed by atoms with Crippen molar-refractivity contribution in [1.29, 1.82) is 0 Å². The van der Waals surface area contributed by atoms with Crippen molar-refractivity contribution in [2.45, 2.75) is 11.8 Å². The van der Waals surface area contributed by atoms with E-state index in [1.807, 2.05) is 19.1 Å². The molecule has 162 valence electrons. The molecule has 0 spiro atoms. The Hall–Kier alpha value is -2.78. The number of hydrogen-bond donors (Lipinski definition) is 0. The number of hydrogen-bond acceptors (Lipinski definition) is 6. The number of nitrogens with zero attached hydrogens (tertiary/aromatic N) is 2. The summed E-state index contributed by atoms with van der Waals surface area (Å²) in [4.78, 5) is 14.5. The number of carbonyl (C=O) groups is 1. The van der Waals surface area contributed by atoms with Gasteiger partial charge in [-0.25, -0.2) is 8.42 Å². The molecule has 1 amide bonds. The van der Waals surface area contributed by atoms with Gasteiger partial charge in [-0.2, -0.15) is 0 Å². The Bertz CT molecular complexity index is 985. The second kappa shape index (κ2) is 9.36. The molecule has 0 bridgehead atoms. The van der Waals surface area contributed by atoms with Crippen molar-refractivity contribution < 1.29 is 27.4 Å². The molecule has 2 aromatic rings. The number of methoxy groups -OCH3 is 2. The molecule has 0 unspecified atom stereocenters. The van der Waals surface area contributed by atoms with E-state index < -0.39 is 10.0 Å². The number of morpholine rings is 1. The Morgan fingerprint density at radius 3 is 2.27 bits per heavy atom. The van der Waals surface area contributed by atoms with E-state index in [-0.39, 0.29) is 17.3 Å². The molecular formula is C21H26N2O6S. The predicted molar refractivity (Wildman–Crippen MR) is 113 cm³/mol. The summed E-state index contributed by atoms with van der Waals surface area (Å²) in [5.41, 5.74) is 1.40. The minimum Gasteiger partial charge on any atom is -0.493 e. The first-order valence-corrected chi connectivity index (χ1v) is 11.0. The van der Waals surface area contributed by atoms with E-state index in [9.17, 15) is 13.2 Å². The fourth-order valence-corrected chi connectivity index (χ4v) is 4.60.